The highest BCUT2D eigenvalue weighted by Gasteiger charge is 2.12. The van der Waals surface area contributed by atoms with Gasteiger partial charge in [0.1, 0.15) is 5.69 Å². The molecule has 2 amide bonds. The molecule has 0 saturated carbocycles. The SMILES string of the molecule is Cn1cc(Br)cc1C(=O)NNC(=O)CCc1cnn(-c2ccccc2)c1. The molecule has 0 radical (unpaired) electrons. The summed E-state index contributed by atoms with van der Waals surface area (Å²) in [6.45, 7) is 0. The first-order valence-electron chi connectivity index (χ1n) is 8.03. The molecule has 0 saturated heterocycles. The second kappa shape index (κ2) is 8.01. The number of hydrazine groups is 1. The largest absolute Gasteiger partial charge is 0.345 e. The van der Waals surface area contributed by atoms with Gasteiger partial charge in [-0.25, -0.2) is 4.68 Å². The Morgan fingerprint density at radius 2 is 1.92 bits per heavy atom. The van der Waals surface area contributed by atoms with Crippen LogP contribution in [-0.2, 0) is 18.3 Å². The molecular formula is C18H18BrN5O2. The van der Waals surface area contributed by atoms with Gasteiger partial charge in [-0.05, 0) is 46.1 Å². The maximum absolute atomic E-state index is 12.0. The lowest BCUT2D eigenvalue weighted by molar-refractivity contribution is -0.121. The Labute approximate surface area is 159 Å². The predicted octanol–water partition coefficient (Wildman–Crippen LogP) is 2.37. The molecule has 2 heterocycles. The molecule has 0 unspecified atom stereocenters. The molecule has 134 valence electrons. The number of nitrogens with zero attached hydrogens (tertiary/aromatic N) is 3. The van der Waals surface area contributed by atoms with Crippen molar-refractivity contribution in [3.8, 4) is 5.69 Å². The van der Waals surface area contributed by atoms with Gasteiger partial charge in [0.25, 0.3) is 5.91 Å². The van der Waals surface area contributed by atoms with Crippen molar-refractivity contribution in [1.29, 1.82) is 0 Å². The maximum Gasteiger partial charge on any atom is 0.286 e. The van der Waals surface area contributed by atoms with E-state index in [9.17, 15) is 9.59 Å². The first-order valence-corrected chi connectivity index (χ1v) is 8.82. The number of carbonyl (C=O) groups is 2. The number of amides is 2. The van der Waals surface area contributed by atoms with Gasteiger partial charge in [-0.1, -0.05) is 18.2 Å². The van der Waals surface area contributed by atoms with Crippen LogP contribution >= 0.6 is 15.9 Å². The number of hydrogen-bond acceptors (Lipinski definition) is 3. The Morgan fingerprint density at radius 1 is 1.15 bits per heavy atom. The minimum absolute atomic E-state index is 0.248. The second-order valence-corrected chi connectivity index (χ2v) is 6.70. The first-order chi connectivity index (χ1) is 12.5. The van der Waals surface area contributed by atoms with Gasteiger partial charge >= 0.3 is 0 Å². The zero-order valence-electron chi connectivity index (χ0n) is 14.1. The quantitative estimate of drug-likeness (QED) is 0.627. The Bertz CT molecular complexity index is 917. The lowest BCUT2D eigenvalue weighted by Gasteiger charge is -2.07. The minimum atomic E-state index is -0.372. The number of aromatic nitrogens is 3. The highest BCUT2D eigenvalue weighted by molar-refractivity contribution is 9.10. The minimum Gasteiger partial charge on any atom is -0.345 e. The van der Waals surface area contributed by atoms with E-state index in [-0.39, 0.29) is 18.2 Å². The summed E-state index contributed by atoms with van der Waals surface area (Å²) >= 11 is 3.30. The monoisotopic (exact) mass is 415 g/mol. The molecule has 26 heavy (non-hydrogen) atoms. The average molecular weight is 416 g/mol. The summed E-state index contributed by atoms with van der Waals surface area (Å²) in [4.78, 5) is 24.0. The Kier molecular flexibility index (Phi) is 5.52. The molecule has 7 nitrogen and oxygen atoms in total. The van der Waals surface area contributed by atoms with Crippen LogP contribution in [0.15, 0.2) is 59.5 Å². The fraction of sp³-hybridized carbons (Fsp3) is 0.167. The Hall–Kier alpha value is -2.87. The van der Waals surface area contributed by atoms with Crippen LogP contribution in [0, 0.1) is 0 Å². The third-order valence-electron chi connectivity index (χ3n) is 3.82. The molecule has 8 heteroatoms. The summed E-state index contributed by atoms with van der Waals surface area (Å²) in [5, 5.41) is 4.30. The summed E-state index contributed by atoms with van der Waals surface area (Å²) in [5.41, 5.74) is 7.20. The van der Waals surface area contributed by atoms with Crippen LogP contribution in [0.5, 0.6) is 0 Å². The zero-order valence-corrected chi connectivity index (χ0v) is 15.7. The van der Waals surface area contributed by atoms with E-state index in [0.717, 1.165) is 15.7 Å². The molecule has 0 bridgehead atoms. The summed E-state index contributed by atoms with van der Waals surface area (Å²) < 4.78 is 4.23. The van der Waals surface area contributed by atoms with E-state index in [1.54, 1.807) is 34.8 Å². The number of benzene rings is 1. The van der Waals surface area contributed by atoms with Gasteiger partial charge in [0, 0.05) is 30.3 Å². The molecule has 1 aromatic carbocycles. The Balaban J connectivity index is 1.48. The molecule has 2 aromatic heterocycles. The molecular weight excluding hydrogens is 398 g/mol. The van der Waals surface area contributed by atoms with Crippen LogP contribution < -0.4 is 10.9 Å². The number of carbonyl (C=O) groups excluding carboxylic acids is 2. The van der Waals surface area contributed by atoms with E-state index in [1.165, 1.54) is 0 Å². The van der Waals surface area contributed by atoms with E-state index >= 15 is 0 Å². The Morgan fingerprint density at radius 3 is 2.62 bits per heavy atom. The van der Waals surface area contributed by atoms with Crippen molar-refractivity contribution >= 4 is 27.7 Å². The van der Waals surface area contributed by atoms with Crippen LogP contribution in [0.25, 0.3) is 5.69 Å². The second-order valence-electron chi connectivity index (χ2n) is 5.79. The smallest absolute Gasteiger partial charge is 0.286 e. The lowest BCUT2D eigenvalue weighted by Crippen LogP contribution is -2.42. The van der Waals surface area contributed by atoms with Gasteiger partial charge in [0.05, 0.1) is 11.9 Å². The van der Waals surface area contributed by atoms with Crippen LogP contribution in [0.3, 0.4) is 0 Å². The van der Waals surface area contributed by atoms with Crippen molar-refractivity contribution in [2.24, 2.45) is 7.05 Å². The number of para-hydroxylation sites is 1. The van der Waals surface area contributed by atoms with Gasteiger partial charge in [0.15, 0.2) is 0 Å². The maximum atomic E-state index is 12.0. The fourth-order valence-electron chi connectivity index (χ4n) is 2.47. The molecule has 2 N–H and O–H groups in total. The van der Waals surface area contributed by atoms with Gasteiger partial charge in [-0.15, -0.1) is 0 Å². The molecule has 0 aliphatic rings. The van der Waals surface area contributed by atoms with Crippen LogP contribution in [0.2, 0.25) is 0 Å². The van der Waals surface area contributed by atoms with Crippen LogP contribution in [0.4, 0.5) is 0 Å². The third-order valence-corrected chi connectivity index (χ3v) is 4.25. The predicted molar refractivity (Wildman–Crippen MR) is 101 cm³/mol. The standard InChI is InChI=1S/C18H18BrN5O2/c1-23-12-14(19)9-16(23)18(26)22-21-17(25)8-7-13-10-20-24(11-13)15-5-3-2-4-6-15/h2-6,9-12H,7-8H2,1H3,(H,21,25)(H,22,26). The molecule has 0 aliphatic heterocycles. The van der Waals surface area contributed by atoms with E-state index < -0.39 is 0 Å². The summed E-state index contributed by atoms with van der Waals surface area (Å²) in [6, 6.07) is 11.4. The highest BCUT2D eigenvalue weighted by atomic mass is 79.9. The molecule has 3 rings (SSSR count). The summed E-state index contributed by atoms with van der Waals surface area (Å²) in [6.07, 6.45) is 6.17. The van der Waals surface area contributed by atoms with Crippen molar-refractivity contribution in [2.45, 2.75) is 12.8 Å². The van der Waals surface area contributed by atoms with Crippen LogP contribution in [-0.4, -0.2) is 26.2 Å². The van der Waals surface area contributed by atoms with Crippen molar-refractivity contribution in [3.63, 3.8) is 0 Å². The first kappa shape index (κ1) is 17.9. The van der Waals surface area contributed by atoms with E-state index in [2.05, 4.69) is 31.9 Å². The zero-order chi connectivity index (χ0) is 18.5. The topological polar surface area (TPSA) is 81.0 Å². The van der Waals surface area contributed by atoms with Crippen molar-refractivity contribution < 1.29 is 9.59 Å². The number of halogens is 1. The van der Waals surface area contributed by atoms with Crippen molar-refractivity contribution in [1.82, 2.24) is 25.2 Å². The van der Waals surface area contributed by atoms with Gasteiger partial charge < -0.3 is 4.57 Å². The molecule has 0 spiro atoms. The van der Waals surface area contributed by atoms with Gasteiger partial charge in [-0.3, -0.25) is 20.4 Å². The summed E-state index contributed by atoms with van der Waals surface area (Å²) in [7, 11) is 1.76. The number of nitrogens with one attached hydrogen (secondary N) is 2. The van der Waals surface area contributed by atoms with E-state index in [1.807, 2.05) is 36.5 Å². The highest BCUT2D eigenvalue weighted by Crippen LogP contribution is 2.13. The summed E-state index contributed by atoms with van der Waals surface area (Å²) in [5.74, 6) is -0.637. The fourth-order valence-corrected chi connectivity index (χ4v) is 3.00. The van der Waals surface area contributed by atoms with Crippen LogP contribution in [0.1, 0.15) is 22.5 Å². The molecule has 0 aliphatic carbocycles. The molecule has 0 fully saturated rings. The molecule has 0 atom stereocenters. The third kappa shape index (κ3) is 4.40. The van der Waals surface area contributed by atoms with E-state index in [4.69, 9.17) is 0 Å². The van der Waals surface area contributed by atoms with Crippen molar-refractivity contribution in [3.05, 3.63) is 70.7 Å². The number of rotatable bonds is 5. The van der Waals surface area contributed by atoms with Crippen molar-refractivity contribution in [2.75, 3.05) is 0 Å². The van der Waals surface area contributed by atoms with E-state index in [0.29, 0.717) is 12.1 Å². The lowest BCUT2D eigenvalue weighted by atomic mass is 10.2. The number of hydrogen-bond donors (Lipinski definition) is 2. The van der Waals surface area contributed by atoms with Gasteiger partial charge in [-0.2, -0.15) is 5.10 Å². The normalized spacial score (nSPS) is 10.5. The average Bonchev–Trinajstić information content (AvgIpc) is 3.25. The van der Waals surface area contributed by atoms with Gasteiger partial charge in [0.2, 0.25) is 5.91 Å². The number of aryl methyl sites for hydroxylation is 2. The molecule has 3 aromatic rings.